The van der Waals surface area contributed by atoms with Gasteiger partial charge in [0.1, 0.15) is 0 Å². The Labute approximate surface area is 77.1 Å². The summed E-state index contributed by atoms with van der Waals surface area (Å²) in [7, 11) is 0. The fraction of sp³-hybridized carbons (Fsp3) is 1.00. The highest BCUT2D eigenvalue weighted by atomic mass is 127. The molecule has 1 fully saturated rings. The van der Waals surface area contributed by atoms with E-state index in [1.54, 1.807) is 0 Å². The number of piperidine rings is 1. The largest absolute Gasteiger partial charge is 0.315 e. The normalized spacial score (nSPS) is 34.8. The van der Waals surface area contributed by atoms with Gasteiger partial charge in [0, 0.05) is 9.97 Å². The van der Waals surface area contributed by atoms with Crippen molar-refractivity contribution in [3.63, 3.8) is 0 Å². The minimum Gasteiger partial charge on any atom is -0.315 e. The van der Waals surface area contributed by atoms with Crippen LogP contribution in [-0.2, 0) is 0 Å². The highest BCUT2D eigenvalue weighted by Crippen LogP contribution is 2.34. The van der Waals surface area contributed by atoms with E-state index < -0.39 is 0 Å². The predicted octanol–water partition coefficient (Wildman–Crippen LogP) is 2.20. The fourth-order valence-electron chi connectivity index (χ4n) is 1.38. The van der Waals surface area contributed by atoms with Gasteiger partial charge in [-0.1, -0.05) is 36.4 Å². The zero-order valence-corrected chi connectivity index (χ0v) is 8.94. The van der Waals surface area contributed by atoms with Gasteiger partial charge < -0.3 is 5.32 Å². The van der Waals surface area contributed by atoms with Crippen LogP contribution in [0.3, 0.4) is 0 Å². The Bertz CT molecular complexity index is 106. The van der Waals surface area contributed by atoms with Crippen molar-refractivity contribution in [2.24, 2.45) is 5.92 Å². The molecule has 0 aliphatic carbocycles. The first-order valence-corrected chi connectivity index (χ1v) is 5.13. The van der Waals surface area contributed by atoms with Crippen molar-refractivity contribution in [1.82, 2.24) is 5.32 Å². The molecule has 0 aromatic heterocycles. The van der Waals surface area contributed by atoms with Crippen LogP contribution in [0.4, 0.5) is 0 Å². The molecule has 0 saturated carbocycles. The zero-order valence-electron chi connectivity index (χ0n) is 6.78. The van der Waals surface area contributed by atoms with Crippen LogP contribution >= 0.6 is 22.6 Å². The van der Waals surface area contributed by atoms with Gasteiger partial charge in [0.05, 0.1) is 0 Å². The number of alkyl halides is 1. The molecule has 1 aliphatic rings. The molecule has 60 valence electrons. The molecule has 1 saturated heterocycles. The van der Waals surface area contributed by atoms with Crippen molar-refractivity contribution in [3.8, 4) is 0 Å². The van der Waals surface area contributed by atoms with E-state index in [2.05, 4.69) is 41.8 Å². The lowest BCUT2D eigenvalue weighted by molar-refractivity contribution is 0.354. The van der Waals surface area contributed by atoms with Gasteiger partial charge >= 0.3 is 0 Å². The van der Waals surface area contributed by atoms with Crippen LogP contribution in [0, 0.1) is 5.92 Å². The third kappa shape index (κ3) is 1.84. The van der Waals surface area contributed by atoms with Crippen LogP contribution < -0.4 is 5.32 Å². The van der Waals surface area contributed by atoms with Crippen molar-refractivity contribution in [2.45, 2.75) is 30.1 Å². The van der Waals surface area contributed by atoms with E-state index in [-0.39, 0.29) is 0 Å². The van der Waals surface area contributed by atoms with Gasteiger partial charge in [-0.25, -0.2) is 0 Å². The van der Waals surface area contributed by atoms with Gasteiger partial charge in [-0.3, -0.25) is 0 Å². The average molecular weight is 253 g/mol. The van der Waals surface area contributed by atoms with E-state index in [9.17, 15) is 0 Å². The lowest BCUT2D eigenvalue weighted by Crippen LogP contribution is -2.44. The summed E-state index contributed by atoms with van der Waals surface area (Å²) in [4.78, 5) is 0. The van der Waals surface area contributed by atoms with Gasteiger partial charge in [-0.05, 0) is 25.3 Å². The molecule has 1 aliphatic heterocycles. The minimum atomic E-state index is 0.538. The second kappa shape index (κ2) is 3.39. The maximum absolute atomic E-state index is 3.45. The Hall–Kier alpha value is 0.690. The second-order valence-corrected chi connectivity index (χ2v) is 5.62. The van der Waals surface area contributed by atoms with Gasteiger partial charge in [0.2, 0.25) is 0 Å². The van der Waals surface area contributed by atoms with Crippen LogP contribution in [0.15, 0.2) is 0 Å². The Morgan fingerprint density at radius 3 is 2.50 bits per heavy atom. The third-order valence-electron chi connectivity index (χ3n) is 2.40. The highest BCUT2D eigenvalue weighted by molar-refractivity contribution is 14.1. The van der Waals surface area contributed by atoms with Gasteiger partial charge in [-0.15, -0.1) is 0 Å². The molecule has 10 heavy (non-hydrogen) atoms. The molecule has 1 atom stereocenters. The summed E-state index contributed by atoms with van der Waals surface area (Å²) in [6.45, 7) is 7.06. The molecule has 1 rings (SSSR count). The van der Waals surface area contributed by atoms with Crippen molar-refractivity contribution >= 4 is 22.6 Å². The predicted molar refractivity (Wildman–Crippen MR) is 53.7 cm³/mol. The monoisotopic (exact) mass is 253 g/mol. The van der Waals surface area contributed by atoms with Crippen molar-refractivity contribution in [3.05, 3.63) is 0 Å². The van der Waals surface area contributed by atoms with E-state index in [4.69, 9.17) is 0 Å². The summed E-state index contributed by atoms with van der Waals surface area (Å²) >= 11 is 2.62. The van der Waals surface area contributed by atoms with E-state index in [1.807, 2.05) is 0 Å². The van der Waals surface area contributed by atoms with E-state index in [0.717, 1.165) is 5.92 Å². The molecule has 1 N–H and O–H groups in total. The van der Waals surface area contributed by atoms with Crippen LogP contribution in [0.2, 0.25) is 0 Å². The lowest BCUT2D eigenvalue weighted by atomic mass is 9.89. The molecule has 0 aromatic carbocycles. The van der Waals surface area contributed by atoms with Crippen LogP contribution in [0.5, 0.6) is 0 Å². The van der Waals surface area contributed by atoms with E-state index in [1.165, 1.54) is 25.9 Å². The number of nitrogens with one attached hydrogen (secondary N) is 1. The Balaban J connectivity index is 2.48. The number of rotatable bonds is 1. The summed E-state index contributed by atoms with van der Waals surface area (Å²) in [5.41, 5.74) is 0. The van der Waals surface area contributed by atoms with Crippen molar-refractivity contribution in [1.29, 1.82) is 0 Å². The maximum atomic E-state index is 3.45. The number of hydrogen-bond donors (Lipinski definition) is 1. The summed E-state index contributed by atoms with van der Waals surface area (Å²) in [6, 6.07) is 0. The Morgan fingerprint density at radius 2 is 2.20 bits per heavy atom. The Morgan fingerprint density at radius 1 is 1.50 bits per heavy atom. The average Bonchev–Trinajstić information content (AvgIpc) is 1.89. The quantitative estimate of drug-likeness (QED) is 0.558. The first-order chi connectivity index (χ1) is 4.65. The van der Waals surface area contributed by atoms with Crippen molar-refractivity contribution < 1.29 is 0 Å². The fourth-order valence-corrected chi connectivity index (χ4v) is 2.04. The topological polar surface area (TPSA) is 12.0 Å². The molecular weight excluding hydrogens is 237 g/mol. The van der Waals surface area contributed by atoms with Gasteiger partial charge in [0.15, 0.2) is 0 Å². The molecule has 1 unspecified atom stereocenters. The molecule has 0 spiro atoms. The lowest BCUT2D eigenvalue weighted by Gasteiger charge is -2.35. The number of hydrogen-bond acceptors (Lipinski definition) is 1. The van der Waals surface area contributed by atoms with Crippen LogP contribution in [0.25, 0.3) is 0 Å². The van der Waals surface area contributed by atoms with Crippen LogP contribution in [-0.4, -0.2) is 16.5 Å². The molecule has 0 bridgehead atoms. The molecule has 0 radical (unpaired) electrons. The van der Waals surface area contributed by atoms with Crippen molar-refractivity contribution in [2.75, 3.05) is 13.1 Å². The molecule has 1 heterocycles. The molecule has 1 nitrogen and oxygen atoms in total. The van der Waals surface area contributed by atoms with Crippen LogP contribution in [0.1, 0.15) is 26.7 Å². The summed E-state index contributed by atoms with van der Waals surface area (Å²) < 4.78 is 0.538. The first kappa shape index (κ1) is 8.78. The molecule has 2 heteroatoms. The minimum absolute atomic E-state index is 0.538. The SMILES string of the molecule is CC(C)C1(I)CCCNC1. The smallest absolute Gasteiger partial charge is 0.0370 e. The third-order valence-corrected chi connectivity index (χ3v) is 4.57. The standard InChI is InChI=1S/C8H16IN/c1-7(2)8(9)4-3-5-10-6-8/h7,10H,3-6H2,1-2H3. The maximum Gasteiger partial charge on any atom is 0.0370 e. The number of halogens is 1. The molecular formula is C8H16IN. The van der Waals surface area contributed by atoms with Gasteiger partial charge in [-0.2, -0.15) is 0 Å². The van der Waals surface area contributed by atoms with E-state index >= 15 is 0 Å². The zero-order chi connectivity index (χ0) is 7.61. The molecule has 0 amide bonds. The molecule has 0 aromatic rings. The second-order valence-electron chi connectivity index (χ2n) is 3.47. The summed E-state index contributed by atoms with van der Waals surface area (Å²) in [6.07, 6.45) is 2.74. The van der Waals surface area contributed by atoms with Gasteiger partial charge in [0.25, 0.3) is 0 Å². The highest BCUT2D eigenvalue weighted by Gasteiger charge is 2.31. The summed E-state index contributed by atoms with van der Waals surface area (Å²) in [5, 5.41) is 3.45. The summed E-state index contributed by atoms with van der Waals surface area (Å²) in [5.74, 6) is 0.806. The van der Waals surface area contributed by atoms with E-state index in [0.29, 0.717) is 3.42 Å². The first-order valence-electron chi connectivity index (χ1n) is 4.05. The Kier molecular flexibility index (Phi) is 2.98.